The predicted octanol–water partition coefficient (Wildman–Crippen LogP) is 4.92. The molecule has 0 aliphatic carbocycles. The van der Waals surface area contributed by atoms with E-state index in [0.29, 0.717) is 9.23 Å². The summed E-state index contributed by atoms with van der Waals surface area (Å²) < 4.78 is 1.50. The third-order valence-electron chi connectivity index (χ3n) is 3.61. The van der Waals surface area contributed by atoms with Crippen molar-refractivity contribution in [3.63, 3.8) is 0 Å². The van der Waals surface area contributed by atoms with Crippen LogP contribution in [0, 0.1) is 0 Å². The average molecular weight is 419 g/mol. The topological polar surface area (TPSA) is 23.6 Å². The Bertz CT molecular complexity index is 831. The zero-order valence-electron chi connectivity index (χ0n) is 13.2. The van der Waals surface area contributed by atoms with Crippen LogP contribution in [0.15, 0.2) is 57.9 Å². The predicted molar refractivity (Wildman–Crippen MR) is 111 cm³/mol. The van der Waals surface area contributed by atoms with Crippen LogP contribution in [0.5, 0.6) is 0 Å². The third kappa shape index (κ3) is 3.41. The summed E-state index contributed by atoms with van der Waals surface area (Å²) in [6, 6.07) is 15.6. The van der Waals surface area contributed by atoms with Crippen LogP contribution < -0.4 is 9.80 Å². The van der Waals surface area contributed by atoms with E-state index in [0.717, 1.165) is 21.4 Å². The van der Waals surface area contributed by atoms with Crippen molar-refractivity contribution in [2.45, 2.75) is 0 Å². The van der Waals surface area contributed by atoms with E-state index in [2.05, 4.69) is 15.9 Å². The molecule has 1 fully saturated rings. The Morgan fingerprint density at radius 1 is 1.12 bits per heavy atom. The number of benzene rings is 2. The number of thioether (sulfide) groups is 1. The molecule has 0 bridgehead atoms. The standard InChI is InChI=1S/C18H15BrN2OS2/c1-20(2)13-7-9-14(10-8-13)21-17(22)16(24-18(21)23)11-12-5-3-4-6-15(12)19/h3-11H,1-2H3/b16-11-. The number of carbonyl (C=O) groups excluding carboxylic acids is 1. The fraction of sp³-hybridized carbons (Fsp3) is 0.111. The number of hydrogen-bond acceptors (Lipinski definition) is 4. The van der Waals surface area contributed by atoms with E-state index in [1.807, 2.05) is 73.6 Å². The number of anilines is 2. The molecule has 0 spiro atoms. The van der Waals surface area contributed by atoms with Gasteiger partial charge in [0.2, 0.25) is 0 Å². The zero-order valence-corrected chi connectivity index (χ0v) is 16.4. The van der Waals surface area contributed by atoms with Crippen molar-refractivity contribution in [2.75, 3.05) is 23.9 Å². The fourth-order valence-corrected chi connectivity index (χ4v) is 4.01. The average Bonchev–Trinajstić information content (AvgIpc) is 2.84. The largest absolute Gasteiger partial charge is 0.378 e. The van der Waals surface area contributed by atoms with Gasteiger partial charge in [0.05, 0.1) is 10.6 Å². The summed E-state index contributed by atoms with van der Waals surface area (Å²) in [5, 5.41) is 0. The molecule has 1 amide bonds. The summed E-state index contributed by atoms with van der Waals surface area (Å²) in [6.45, 7) is 0. The highest BCUT2D eigenvalue weighted by Crippen LogP contribution is 2.37. The quantitative estimate of drug-likeness (QED) is 0.521. The second-order valence-electron chi connectivity index (χ2n) is 5.45. The van der Waals surface area contributed by atoms with E-state index >= 15 is 0 Å². The van der Waals surface area contributed by atoms with Crippen molar-refractivity contribution in [3.8, 4) is 0 Å². The highest BCUT2D eigenvalue weighted by atomic mass is 79.9. The smallest absolute Gasteiger partial charge is 0.270 e. The van der Waals surface area contributed by atoms with Gasteiger partial charge in [-0.1, -0.05) is 58.1 Å². The van der Waals surface area contributed by atoms with Crippen LogP contribution in [0.2, 0.25) is 0 Å². The monoisotopic (exact) mass is 418 g/mol. The molecule has 3 nitrogen and oxygen atoms in total. The number of hydrogen-bond donors (Lipinski definition) is 0. The SMILES string of the molecule is CN(C)c1ccc(N2C(=O)/C(=C/c3ccccc3Br)SC2=S)cc1. The van der Waals surface area contributed by atoms with Crippen LogP contribution in [0.4, 0.5) is 11.4 Å². The Balaban J connectivity index is 1.91. The van der Waals surface area contributed by atoms with Crippen LogP contribution >= 0.6 is 39.9 Å². The summed E-state index contributed by atoms with van der Waals surface area (Å²) in [7, 11) is 3.96. The summed E-state index contributed by atoms with van der Waals surface area (Å²) in [5.74, 6) is -0.0849. The summed E-state index contributed by atoms with van der Waals surface area (Å²) in [4.78, 5) is 17.0. The molecule has 1 aliphatic heterocycles. The number of carbonyl (C=O) groups is 1. The third-order valence-corrected chi connectivity index (χ3v) is 5.63. The zero-order chi connectivity index (χ0) is 17.3. The van der Waals surface area contributed by atoms with Crippen molar-refractivity contribution in [3.05, 3.63) is 63.5 Å². The molecule has 1 aliphatic rings. The van der Waals surface area contributed by atoms with Crippen molar-refractivity contribution in [1.29, 1.82) is 0 Å². The van der Waals surface area contributed by atoms with Gasteiger partial charge in [-0.3, -0.25) is 9.69 Å². The van der Waals surface area contributed by atoms with E-state index in [1.54, 1.807) is 4.90 Å². The van der Waals surface area contributed by atoms with Crippen LogP contribution in [-0.4, -0.2) is 24.3 Å². The number of amides is 1. The molecule has 0 unspecified atom stereocenters. The lowest BCUT2D eigenvalue weighted by Gasteiger charge is -2.17. The van der Waals surface area contributed by atoms with E-state index in [-0.39, 0.29) is 5.91 Å². The molecule has 0 radical (unpaired) electrons. The number of thiocarbonyl (C=S) groups is 1. The van der Waals surface area contributed by atoms with E-state index in [9.17, 15) is 4.79 Å². The van der Waals surface area contributed by atoms with Crippen molar-refractivity contribution in [1.82, 2.24) is 0 Å². The maximum Gasteiger partial charge on any atom is 0.270 e. The lowest BCUT2D eigenvalue weighted by molar-refractivity contribution is -0.113. The van der Waals surface area contributed by atoms with Crippen molar-refractivity contribution >= 4 is 67.6 Å². The fourth-order valence-electron chi connectivity index (χ4n) is 2.32. The van der Waals surface area contributed by atoms with Crippen LogP contribution in [-0.2, 0) is 4.79 Å². The minimum Gasteiger partial charge on any atom is -0.378 e. The summed E-state index contributed by atoms with van der Waals surface area (Å²) in [6.07, 6.45) is 1.87. The molecule has 122 valence electrons. The first-order chi connectivity index (χ1) is 11.5. The first-order valence-corrected chi connectivity index (χ1v) is 9.29. The highest BCUT2D eigenvalue weighted by molar-refractivity contribution is 9.10. The number of nitrogens with zero attached hydrogens (tertiary/aromatic N) is 2. The van der Waals surface area contributed by atoms with Crippen LogP contribution in [0.1, 0.15) is 5.56 Å². The van der Waals surface area contributed by atoms with Gasteiger partial charge in [0.15, 0.2) is 4.32 Å². The summed E-state index contributed by atoms with van der Waals surface area (Å²) >= 11 is 10.2. The maximum atomic E-state index is 12.8. The van der Waals surface area contributed by atoms with Gasteiger partial charge in [0.25, 0.3) is 5.91 Å². The molecule has 1 heterocycles. The Kier molecular flexibility index (Phi) is 5.08. The lowest BCUT2D eigenvalue weighted by Crippen LogP contribution is -2.27. The van der Waals surface area contributed by atoms with Gasteiger partial charge in [-0.05, 0) is 42.0 Å². The molecular weight excluding hydrogens is 404 g/mol. The van der Waals surface area contributed by atoms with Gasteiger partial charge in [-0.25, -0.2) is 0 Å². The second-order valence-corrected chi connectivity index (χ2v) is 7.98. The Morgan fingerprint density at radius 3 is 2.42 bits per heavy atom. The van der Waals surface area contributed by atoms with Gasteiger partial charge in [-0.15, -0.1) is 0 Å². The van der Waals surface area contributed by atoms with Crippen molar-refractivity contribution < 1.29 is 4.79 Å². The molecule has 0 atom stereocenters. The molecular formula is C18H15BrN2OS2. The van der Waals surface area contributed by atoms with Gasteiger partial charge >= 0.3 is 0 Å². The second kappa shape index (κ2) is 7.09. The lowest BCUT2D eigenvalue weighted by atomic mass is 10.2. The molecule has 24 heavy (non-hydrogen) atoms. The Hall–Kier alpha value is -1.63. The highest BCUT2D eigenvalue weighted by Gasteiger charge is 2.33. The Labute approximate surface area is 159 Å². The number of rotatable bonds is 3. The molecule has 2 aromatic carbocycles. The van der Waals surface area contributed by atoms with Gasteiger partial charge < -0.3 is 4.90 Å². The van der Waals surface area contributed by atoms with Gasteiger partial charge in [0, 0.05) is 24.3 Å². The summed E-state index contributed by atoms with van der Waals surface area (Å²) in [5.41, 5.74) is 2.83. The molecule has 2 aromatic rings. The molecule has 0 N–H and O–H groups in total. The first kappa shape index (κ1) is 17.2. The minimum atomic E-state index is -0.0849. The van der Waals surface area contributed by atoms with Crippen LogP contribution in [0.25, 0.3) is 6.08 Å². The molecule has 0 aromatic heterocycles. The number of halogens is 1. The first-order valence-electron chi connectivity index (χ1n) is 7.27. The molecule has 1 saturated heterocycles. The maximum absolute atomic E-state index is 12.8. The van der Waals surface area contributed by atoms with Gasteiger partial charge in [-0.2, -0.15) is 0 Å². The van der Waals surface area contributed by atoms with Crippen LogP contribution in [0.3, 0.4) is 0 Å². The van der Waals surface area contributed by atoms with Crippen molar-refractivity contribution in [2.24, 2.45) is 0 Å². The van der Waals surface area contributed by atoms with E-state index in [4.69, 9.17) is 12.2 Å². The van der Waals surface area contributed by atoms with E-state index < -0.39 is 0 Å². The molecule has 3 rings (SSSR count). The molecule has 6 heteroatoms. The Morgan fingerprint density at radius 2 is 1.79 bits per heavy atom. The van der Waals surface area contributed by atoms with Gasteiger partial charge in [0.1, 0.15) is 0 Å². The normalized spacial score (nSPS) is 16.1. The molecule has 0 saturated carbocycles. The van der Waals surface area contributed by atoms with E-state index in [1.165, 1.54) is 11.8 Å². The minimum absolute atomic E-state index is 0.0849.